The topological polar surface area (TPSA) is 15.8 Å². The van der Waals surface area contributed by atoms with Gasteiger partial charge in [-0.25, -0.2) is 0 Å². The Morgan fingerprint density at radius 2 is 2.25 bits per heavy atom. The number of hydrogen-bond donors (Lipinski definition) is 1. The zero-order valence-electron chi connectivity index (χ0n) is 7.30. The molecule has 0 fully saturated rings. The van der Waals surface area contributed by atoms with Crippen LogP contribution in [0.15, 0.2) is 37.6 Å². The maximum Gasteiger partial charge on any atom is 0.0450 e. The van der Waals surface area contributed by atoms with Gasteiger partial charge < -0.3 is 4.98 Å². The molecule has 1 rings (SSSR count). The molecule has 0 aromatic carbocycles. The van der Waals surface area contributed by atoms with Crippen LogP contribution >= 0.6 is 0 Å². The summed E-state index contributed by atoms with van der Waals surface area (Å²) in [4.78, 5) is 3.10. The zero-order chi connectivity index (χ0) is 8.97. The Morgan fingerprint density at radius 1 is 1.50 bits per heavy atom. The van der Waals surface area contributed by atoms with Gasteiger partial charge in [0.25, 0.3) is 0 Å². The molecule has 0 aliphatic rings. The minimum atomic E-state index is 1.06. The summed E-state index contributed by atoms with van der Waals surface area (Å²) in [6, 6.07) is 2.03. The fourth-order valence-corrected chi connectivity index (χ4v) is 1.16. The molecule has 0 aliphatic carbocycles. The van der Waals surface area contributed by atoms with Gasteiger partial charge in [-0.15, -0.1) is 0 Å². The van der Waals surface area contributed by atoms with Gasteiger partial charge in [0.05, 0.1) is 0 Å². The van der Waals surface area contributed by atoms with E-state index in [0.717, 1.165) is 5.69 Å². The van der Waals surface area contributed by atoms with E-state index in [9.17, 15) is 0 Å². The largest absolute Gasteiger partial charge is 0.361 e. The van der Waals surface area contributed by atoms with E-state index >= 15 is 0 Å². The highest BCUT2D eigenvalue weighted by atomic mass is 14.7. The summed E-state index contributed by atoms with van der Waals surface area (Å²) in [5, 5.41) is 0. The first kappa shape index (κ1) is 8.60. The van der Waals surface area contributed by atoms with E-state index < -0.39 is 0 Å². The summed E-state index contributed by atoms with van der Waals surface area (Å²) in [6.07, 6.45) is 7.49. The maximum absolute atomic E-state index is 3.72. The van der Waals surface area contributed by atoms with Crippen LogP contribution in [0.25, 0.3) is 11.6 Å². The van der Waals surface area contributed by atoms with Crippen LogP contribution < -0.4 is 0 Å². The minimum absolute atomic E-state index is 1.06. The fraction of sp³-hybridized carbons (Fsp3) is 0.0909. The number of aromatic nitrogens is 1. The smallest absolute Gasteiger partial charge is 0.0450 e. The van der Waals surface area contributed by atoms with Gasteiger partial charge in [0.1, 0.15) is 0 Å². The quantitative estimate of drug-likeness (QED) is 0.651. The van der Waals surface area contributed by atoms with Gasteiger partial charge in [0.15, 0.2) is 0 Å². The van der Waals surface area contributed by atoms with Crippen molar-refractivity contribution in [2.75, 3.05) is 0 Å². The van der Waals surface area contributed by atoms with Crippen LogP contribution in [0.4, 0.5) is 0 Å². The predicted octanol–water partition coefficient (Wildman–Crippen LogP) is 3.25. The van der Waals surface area contributed by atoms with Crippen LogP contribution in [-0.4, -0.2) is 4.98 Å². The zero-order valence-corrected chi connectivity index (χ0v) is 7.30. The summed E-state index contributed by atoms with van der Waals surface area (Å²) < 4.78 is 0. The third kappa shape index (κ3) is 1.56. The molecule has 0 saturated heterocycles. The molecule has 0 radical (unpaired) electrons. The molecule has 0 aliphatic heterocycles. The van der Waals surface area contributed by atoms with Crippen molar-refractivity contribution in [1.82, 2.24) is 4.98 Å². The van der Waals surface area contributed by atoms with Crippen LogP contribution in [0.2, 0.25) is 0 Å². The highest BCUT2D eigenvalue weighted by molar-refractivity contribution is 5.72. The normalized spacial score (nSPS) is 11.2. The predicted molar refractivity (Wildman–Crippen MR) is 54.7 cm³/mol. The van der Waals surface area contributed by atoms with E-state index in [1.165, 1.54) is 11.1 Å². The number of rotatable bonds is 3. The van der Waals surface area contributed by atoms with E-state index in [1.807, 2.05) is 24.4 Å². The van der Waals surface area contributed by atoms with E-state index in [1.54, 1.807) is 6.08 Å². The highest BCUT2D eigenvalue weighted by Crippen LogP contribution is 2.18. The van der Waals surface area contributed by atoms with Crippen molar-refractivity contribution >= 4 is 11.6 Å². The molecule has 0 saturated carbocycles. The molecule has 0 spiro atoms. The van der Waals surface area contributed by atoms with Crippen molar-refractivity contribution in [2.45, 2.75) is 6.92 Å². The molecule has 12 heavy (non-hydrogen) atoms. The number of allylic oxidation sites excluding steroid dienone is 3. The lowest BCUT2D eigenvalue weighted by Crippen LogP contribution is -1.79. The van der Waals surface area contributed by atoms with Gasteiger partial charge in [-0.2, -0.15) is 0 Å². The molecule has 1 aromatic heterocycles. The van der Waals surface area contributed by atoms with Crippen LogP contribution in [0.1, 0.15) is 18.2 Å². The number of H-pyrrole nitrogens is 1. The van der Waals surface area contributed by atoms with Gasteiger partial charge in [-0.05, 0) is 24.6 Å². The van der Waals surface area contributed by atoms with Gasteiger partial charge >= 0.3 is 0 Å². The molecule has 1 heterocycles. The van der Waals surface area contributed by atoms with Gasteiger partial charge in [0.2, 0.25) is 0 Å². The monoisotopic (exact) mass is 159 g/mol. The molecule has 1 heteroatoms. The summed E-state index contributed by atoms with van der Waals surface area (Å²) >= 11 is 0. The van der Waals surface area contributed by atoms with Crippen LogP contribution in [0.5, 0.6) is 0 Å². The van der Waals surface area contributed by atoms with E-state index in [-0.39, 0.29) is 0 Å². The first-order valence-electron chi connectivity index (χ1n) is 3.89. The van der Waals surface area contributed by atoms with Gasteiger partial charge in [-0.1, -0.05) is 25.3 Å². The lowest BCUT2D eigenvalue weighted by molar-refractivity contribution is 1.37. The molecule has 1 aromatic rings. The lowest BCUT2D eigenvalue weighted by atomic mass is 10.1. The summed E-state index contributed by atoms with van der Waals surface area (Å²) in [7, 11) is 0. The third-order valence-corrected chi connectivity index (χ3v) is 1.78. The summed E-state index contributed by atoms with van der Waals surface area (Å²) in [6.45, 7) is 9.43. The third-order valence-electron chi connectivity index (χ3n) is 1.78. The number of aromatic amines is 1. The summed E-state index contributed by atoms with van der Waals surface area (Å²) in [5.41, 5.74) is 3.44. The fourth-order valence-electron chi connectivity index (χ4n) is 1.16. The molecule has 0 atom stereocenters. The number of hydrogen-bond acceptors (Lipinski definition) is 0. The van der Waals surface area contributed by atoms with E-state index in [2.05, 4.69) is 25.1 Å². The Balaban J connectivity index is 3.09. The van der Waals surface area contributed by atoms with Crippen LogP contribution in [-0.2, 0) is 0 Å². The average Bonchev–Trinajstić information content (AvgIpc) is 2.51. The van der Waals surface area contributed by atoms with Crippen molar-refractivity contribution in [1.29, 1.82) is 0 Å². The van der Waals surface area contributed by atoms with Gasteiger partial charge in [-0.3, -0.25) is 0 Å². The second-order valence-corrected chi connectivity index (χ2v) is 2.59. The number of nitrogens with one attached hydrogen (secondary N) is 1. The second-order valence-electron chi connectivity index (χ2n) is 2.59. The van der Waals surface area contributed by atoms with Crippen molar-refractivity contribution in [3.05, 3.63) is 48.8 Å². The van der Waals surface area contributed by atoms with Crippen LogP contribution in [0.3, 0.4) is 0 Å². The molecule has 0 amide bonds. The maximum atomic E-state index is 3.72. The van der Waals surface area contributed by atoms with E-state index in [0.29, 0.717) is 0 Å². The SMILES string of the molecule is C=C/C=C(/C)c1cc[nH]c1C=C. The van der Waals surface area contributed by atoms with E-state index in [4.69, 9.17) is 0 Å². The molecule has 1 N–H and O–H groups in total. The summed E-state index contributed by atoms with van der Waals surface area (Å²) in [5.74, 6) is 0. The van der Waals surface area contributed by atoms with Crippen molar-refractivity contribution in [3.8, 4) is 0 Å². The minimum Gasteiger partial charge on any atom is -0.361 e. The molecular weight excluding hydrogens is 146 g/mol. The molecule has 0 unspecified atom stereocenters. The lowest BCUT2D eigenvalue weighted by Gasteiger charge is -1.97. The van der Waals surface area contributed by atoms with Crippen molar-refractivity contribution in [2.24, 2.45) is 0 Å². The first-order valence-corrected chi connectivity index (χ1v) is 3.89. The van der Waals surface area contributed by atoms with Crippen molar-refractivity contribution in [3.63, 3.8) is 0 Å². The Morgan fingerprint density at radius 3 is 2.83 bits per heavy atom. The van der Waals surface area contributed by atoms with Crippen LogP contribution in [0, 0.1) is 0 Å². The average molecular weight is 159 g/mol. The standard InChI is InChI=1S/C11H13N/c1-4-6-9(3)10-7-8-12-11(10)5-2/h4-8,12H,1-2H2,3H3/b9-6-. The second kappa shape index (κ2) is 3.77. The van der Waals surface area contributed by atoms with Crippen molar-refractivity contribution < 1.29 is 0 Å². The Bertz CT molecular complexity index is 316. The highest BCUT2D eigenvalue weighted by Gasteiger charge is 2.00. The Hall–Kier alpha value is -1.50. The molecule has 62 valence electrons. The molecule has 1 nitrogen and oxygen atoms in total. The first-order chi connectivity index (χ1) is 5.79. The van der Waals surface area contributed by atoms with Gasteiger partial charge in [0, 0.05) is 17.5 Å². The Kier molecular flexibility index (Phi) is 2.70. The Labute approximate surface area is 73.1 Å². The molecular formula is C11H13N. The molecule has 0 bridgehead atoms.